The Balaban J connectivity index is 1.25. The predicted molar refractivity (Wildman–Crippen MR) is 169 cm³/mol. The van der Waals surface area contributed by atoms with Gasteiger partial charge < -0.3 is 24.4 Å². The van der Waals surface area contributed by atoms with Crippen LogP contribution >= 0.6 is 0 Å². The van der Waals surface area contributed by atoms with E-state index in [1.807, 2.05) is 45.0 Å². The van der Waals surface area contributed by atoms with E-state index in [1.54, 1.807) is 36.4 Å². The summed E-state index contributed by atoms with van der Waals surface area (Å²) in [6.45, 7) is 7.24. The summed E-state index contributed by atoms with van der Waals surface area (Å²) in [7, 11) is 1.60. The molecule has 0 spiro atoms. The summed E-state index contributed by atoms with van der Waals surface area (Å²) in [6, 6.07) is 29.9. The minimum absolute atomic E-state index is 0.0943. The Morgan fingerprint density at radius 3 is 2.30 bits per heavy atom. The van der Waals surface area contributed by atoms with Gasteiger partial charge in [0.25, 0.3) is 5.91 Å². The van der Waals surface area contributed by atoms with Crippen LogP contribution in [0.5, 0.6) is 5.75 Å². The number of hydroxylamine groups is 2. The molecular weight excluding hydrogens is 556 g/mol. The molecule has 1 heterocycles. The number of piperidine rings is 1. The van der Waals surface area contributed by atoms with Crippen molar-refractivity contribution in [2.75, 3.05) is 20.2 Å². The summed E-state index contributed by atoms with van der Waals surface area (Å²) < 4.78 is 17.1. The first-order valence-electron chi connectivity index (χ1n) is 14.9. The fourth-order valence-electron chi connectivity index (χ4n) is 5.34. The van der Waals surface area contributed by atoms with Crippen LogP contribution in [0.3, 0.4) is 0 Å². The number of amides is 1. The molecule has 1 aliphatic rings. The quantitative estimate of drug-likeness (QED) is 0.208. The highest BCUT2D eigenvalue weighted by Crippen LogP contribution is 2.32. The van der Waals surface area contributed by atoms with Crippen LogP contribution in [0.25, 0.3) is 10.8 Å². The van der Waals surface area contributed by atoms with Crippen molar-refractivity contribution < 1.29 is 28.6 Å². The van der Waals surface area contributed by atoms with Gasteiger partial charge in [-0.2, -0.15) is 0 Å². The number of rotatable bonds is 9. The van der Waals surface area contributed by atoms with Crippen LogP contribution in [0, 0.1) is 0 Å². The average Bonchev–Trinajstić information content (AvgIpc) is 3.02. The SMILES string of the molecule is COc1ccc(C(=O)NCc2ccc(C3CCN(OC(=O)OC(C)(C)C)CC3OCc3ccc4ccccc4c3)cc2)cc1. The van der Waals surface area contributed by atoms with Crippen molar-refractivity contribution in [2.45, 2.75) is 58.0 Å². The molecule has 0 bridgehead atoms. The van der Waals surface area contributed by atoms with Gasteiger partial charge in [-0.15, -0.1) is 5.06 Å². The summed E-state index contributed by atoms with van der Waals surface area (Å²) in [5, 5.41) is 6.97. The Morgan fingerprint density at radius 1 is 0.886 bits per heavy atom. The summed E-state index contributed by atoms with van der Waals surface area (Å²) >= 11 is 0. The minimum atomic E-state index is -0.717. The third kappa shape index (κ3) is 8.36. The predicted octanol–water partition coefficient (Wildman–Crippen LogP) is 7.02. The molecule has 5 rings (SSSR count). The zero-order valence-corrected chi connectivity index (χ0v) is 25.7. The first-order valence-corrected chi connectivity index (χ1v) is 14.9. The highest BCUT2D eigenvalue weighted by Gasteiger charge is 2.34. The van der Waals surface area contributed by atoms with Crippen LogP contribution in [0.15, 0.2) is 91.0 Å². The van der Waals surface area contributed by atoms with E-state index in [0.717, 1.165) is 23.1 Å². The Kier molecular flexibility index (Phi) is 9.82. The maximum Gasteiger partial charge on any atom is 0.528 e. The molecule has 1 N–H and O–H groups in total. The van der Waals surface area contributed by atoms with Gasteiger partial charge in [0.1, 0.15) is 11.4 Å². The summed E-state index contributed by atoms with van der Waals surface area (Å²) in [5.41, 5.74) is 3.15. The molecule has 1 amide bonds. The van der Waals surface area contributed by atoms with Crippen molar-refractivity contribution in [1.82, 2.24) is 10.4 Å². The molecule has 2 unspecified atom stereocenters. The highest BCUT2D eigenvalue weighted by atomic mass is 16.8. The van der Waals surface area contributed by atoms with E-state index in [2.05, 4.69) is 47.8 Å². The molecule has 4 aromatic carbocycles. The molecule has 1 saturated heterocycles. The number of carbonyl (C=O) groups is 2. The number of nitrogens with zero attached hydrogens (tertiary/aromatic N) is 1. The molecule has 8 heteroatoms. The molecule has 1 fully saturated rings. The van der Waals surface area contributed by atoms with Crippen LogP contribution in [0.4, 0.5) is 4.79 Å². The number of nitrogens with one attached hydrogen (secondary N) is 1. The molecule has 230 valence electrons. The van der Waals surface area contributed by atoms with E-state index in [4.69, 9.17) is 19.0 Å². The summed E-state index contributed by atoms with van der Waals surface area (Å²) in [4.78, 5) is 30.6. The second-order valence-corrected chi connectivity index (χ2v) is 12.0. The zero-order chi connectivity index (χ0) is 31.1. The van der Waals surface area contributed by atoms with Gasteiger partial charge in [0.2, 0.25) is 0 Å². The number of fused-ring (bicyclic) bond motifs is 1. The lowest BCUT2D eigenvalue weighted by Crippen LogP contribution is -2.45. The Labute approximate surface area is 258 Å². The highest BCUT2D eigenvalue weighted by molar-refractivity contribution is 5.94. The van der Waals surface area contributed by atoms with E-state index < -0.39 is 11.8 Å². The molecule has 4 aromatic rings. The number of hydrogen-bond acceptors (Lipinski definition) is 7. The Morgan fingerprint density at radius 2 is 1.59 bits per heavy atom. The van der Waals surface area contributed by atoms with Gasteiger partial charge in [-0.3, -0.25) is 4.79 Å². The van der Waals surface area contributed by atoms with Gasteiger partial charge in [-0.1, -0.05) is 60.7 Å². The molecule has 1 aliphatic heterocycles. The maximum atomic E-state index is 12.6. The van der Waals surface area contributed by atoms with Crippen molar-refractivity contribution in [3.05, 3.63) is 113 Å². The maximum absolute atomic E-state index is 12.6. The molecule has 8 nitrogen and oxygen atoms in total. The molecule has 0 saturated carbocycles. The van der Waals surface area contributed by atoms with Gasteiger partial charge in [-0.05, 0) is 85.0 Å². The van der Waals surface area contributed by atoms with E-state index in [0.29, 0.717) is 37.6 Å². The van der Waals surface area contributed by atoms with Crippen LogP contribution in [-0.2, 0) is 27.5 Å². The zero-order valence-electron chi connectivity index (χ0n) is 25.7. The van der Waals surface area contributed by atoms with Crippen molar-refractivity contribution in [1.29, 1.82) is 0 Å². The third-order valence-electron chi connectivity index (χ3n) is 7.61. The van der Waals surface area contributed by atoms with E-state index >= 15 is 0 Å². The second-order valence-electron chi connectivity index (χ2n) is 12.0. The number of ether oxygens (including phenoxy) is 3. The van der Waals surface area contributed by atoms with Gasteiger partial charge in [0.05, 0.1) is 26.4 Å². The average molecular weight is 597 g/mol. The van der Waals surface area contributed by atoms with E-state index in [9.17, 15) is 9.59 Å². The smallest absolute Gasteiger partial charge is 0.497 e. The van der Waals surface area contributed by atoms with Crippen LogP contribution in [-0.4, -0.2) is 49.0 Å². The van der Waals surface area contributed by atoms with Gasteiger partial charge in [0.15, 0.2) is 0 Å². The first kappa shape index (κ1) is 31.0. The third-order valence-corrected chi connectivity index (χ3v) is 7.61. The summed E-state index contributed by atoms with van der Waals surface area (Å²) in [5.74, 6) is 0.659. The van der Waals surface area contributed by atoms with Crippen molar-refractivity contribution >= 4 is 22.8 Å². The Hall–Kier alpha value is -4.40. The van der Waals surface area contributed by atoms with Crippen LogP contribution in [0.1, 0.15) is 60.2 Å². The van der Waals surface area contributed by atoms with Crippen molar-refractivity contribution in [3.8, 4) is 5.75 Å². The van der Waals surface area contributed by atoms with Gasteiger partial charge >= 0.3 is 6.16 Å². The first-order chi connectivity index (χ1) is 21.2. The number of methoxy groups -OCH3 is 1. The van der Waals surface area contributed by atoms with E-state index in [-0.39, 0.29) is 17.9 Å². The molecule has 2 atom stereocenters. The largest absolute Gasteiger partial charge is 0.528 e. The monoisotopic (exact) mass is 596 g/mol. The van der Waals surface area contributed by atoms with Gasteiger partial charge in [0, 0.05) is 24.6 Å². The molecule has 44 heavy (non-hydrogen) atoms. The van der Waals surface area contributed by atoms with Crippen molar-refractivity contribution in [3.63, 3.8) is 0 Å². The summed E-state index contributed by atoms with van der Waals surface area (Å²) in [6.07, 6.45) is -0.206. The topological polar surface area (TPSA) is 86.3 Å². The molecular formula is C36H40N2O6. The normalized spacial score (nSPS) is 17.2. The lowest BCUT2D eigenvalue weighted by atomic mass is 9.87. The molecule has 0 aromatic heterocycles. The standard InChI is InChI=1S/C36H40N2O6/c1-36(2,3)43-35(40)44-38-20-19-32(33(23-38)42-24-26-11-12-27-7-5-6-8-30(27)21-26)28-13-9-25(10-14-28)22-37-34(39)29-15-17-31(41-4)18-16-29/h5-18,21,32-33H,19-20,22-24H2,1-4H3,(H,37,39). The molecule has 0 aliphatic carbocycles. The van der Waals surface area contributed by atoms with Crippen LogP contribution in [0.2, 0.25) is 0 Å². The fourth-order valence-corrected chi connectivity index (χ4v) is 5.34. The second kappa shape index (κ2) is 13.9. The number of carbonyl (C=O) groups excluding carboxylic acids is 2. The molecule has 0 radical (unpaired) electrons. The van der Waals surface area contributed by atoms with E-state index in [1.165, 1.54) is 10.8 Å². The number of hydrogen-bond donors (Lipinski definition) is 1. The van der Waals surface area contributed by atoms with Gasteiger partial charge in [-0.25, -0.2) is 4.79 Å². The minimum Gasteiger partial charge on any atom is -0.497 e. The lowest BCUT2D eigenvalue weighted by Gasteiger charge is -2.37. The fraction of sp³-hybridized carbons (Fsp3) is 0.333. The lowest BCUT2D eigenvalue weighted by molar-refractivity contribution is -0.179. The van der Waals surface area contributed by atoms with Crippen LogP contribution < -0.4 is 10.1 Å². The Bertz CT molecular complexity index is 1560. The number of benzene rings is 4. The van der Waals surface area contributed by atoms with Crippen molar-refractivity contribution in [2.24, 2.45) is 0 Å².